The van der Waals surface area contributed by atoms with Crippen LogP contribution in [0, 0.1) is 5.41 Å². The molecule has 0 radical (unpaired) electrons. The molecule has 1 aliphatic rings. The normalized spacial score (nSPS) is 25.9. The van der Waals surface area contributed by atoms with Crippen LogP contribution in [0.25, 0.3) is 0 Å². The van der Waals surface area contributed by atoms with Crippen molar-refractivity contribution in [2.24, 2.45) is 5.41 Å². The molecule has 2 unspecified atom stereocenters. The van der Waals surface area contributed by atoms with Gasteiger partial charge in [0.15, 0.2) is 5.41 Å². The number of carboxylic acid groups (broad SMARTS) is 1. The molecule has 1 aromatic carbocycles. The van der Waals surface area contributed by atoms with Crippen LogP contribution < -0.4 is 0 Å². The molecule has 0 heterocycles. The van der Waals surface area contributed by atoms with Gasteiger partial charge in [-0.15, -0.1) is 0 Å². The van der Waals surface area contributed by atoms with E-state index in [-0.39, 0.29) is 42.6 Å². The second-order valence-electron chi connectivity index (χ2n) is 5.48. The molecule has 2 atom stereocenters. The predicted octanol–water partition coefficient (Wildman–Crippen LogP) is 1.09. The van der Waals surface area contributed by atoms with Crippen LogP contribution in [0.1, 0.15) is 31.7 Å². The summed E-state index contributed by atoms with van der Waals surface area (Å²) in [7, 11) is 0. The van der Waals surface area contributed by atoms with E-state index >= 15 is 0 Å². The van der Waals surface area contributed by atoms with Gasteiger partial charge in [-0.3, -0.25) is 9.59 Å². The van der Waals surface area contributed by atoms with Crippen molar-refractivity contribution in [3.05, 3.63) is 35.9 Å². The van der Waals surface area contributed by atoms with Crippen LogP contribution in [0.5, 0.6) is 0 Å². The molecule has 22 heavy (non-hydrogen) atoms. The second-order valence-corrected chi connectivity index (χ2v) is 5.48. The minimum absolute atomic E-state index is 0. The average Bonchev–Trinajstić information content (AvgIpc) is 3.20. The van der Waals surface area contributed by atoms with Crippen LogP contribution >= 0.6 is 0 Å². The molecule has 0 saturated heterocycles. The molecule has 0 amide bonds. The number of hydrogen-bond donors (Lipinski definition) is 2. The molecule has 0 aliphatic heterocycles. The number of carbonyl (C=O) groups is 2. The molecular formula is C16H21NaO5. The first kappa shape index (κ1) is 19.2. The molecular weight excluding hydrogens is 295 g/mol. The van der Waals surface area contributed by atoms with Crippen molar-refractivity contribution >= 4 is 41.5 Å². The minimum atomic E-state index is -1.67. The van der Waals surface area contributed by atoms with Crippen LogP contribution in [-0.4, -0.2) is 64.9 Å². The third-order valence-electron chi connectivity index (χ3n) is 4.30. The van der Waals surface area contributed by atoms with Crippen LogP contribution in [-0.2, 0) is 19.7 Å². The Kier molecular flexibility index (Phi) is 6.62. The molecule has 1 fully saturated rings. The summed E-state index contributed by atoms with van der Waals surface area (Å²) < 4.78 is 5.12. The van der Waals surface area contributed by atoms with E-state index in [9.17, 15) is 19.8 Å². The Labute approximate surface area is 152 Å². The van der Waals surface area contributed by atoms with Gasteiger partial charge in [-0.05, 0) is 18.4 Å². The first-order valence-electron chi connectivity index (χ1n) is 7.12. The molecule has 1 aromatic rings. The van der Waals surface area contributed by atoms with Crippen molar-refractivity contribution in [1.29, 1.82) is 0 Å². The number of aliphatic carboxylic acids is 1. The topological polar surface area (TPSA) is 83.8 Å². The number of aliphatic hydroxyl groups excluding tert-OH is 1. The monoisotopic (exact) mass is 316 g/mol. The summed E-state index contributed by atoms with van der Waals surface area (Å²) in [5.74, 6) is -1.98. The third kappa shape index (κ3) is 2.95. The molecule has 2 N–H and O–H groups in total. The summed E-state index contributed by atoms with van der Waals surface area (Å²) in [4.78, 5) is 24.0. The SMILES string of the molecule is CCCCOC(=O)C1(C(=O)O)CC1(CO)c1ccccc1.[NaH]. The number of unbranched alkanes of at least 4 members (excludes halogenated alkanes) is 1. The van der Waals surface area contributed by atoms with Crippen molar-refractivity contribution in [2.75, 3.05) is 13.2 Å². The van der Waals surface area contributed by atoms with E-state index in [1.165, 1.54) is 0 Å². The summed E-state index contributed by atoms with van der Waals surface area (Å²) in [6, 6.07) is 8.81. The summed E-state index contributed by atoms with van der Waals surface area (Å²) >= 11 is 0. The first-order chi connectivity index (χ1) is 10.0. The van der Waals surface area contributed by atoms with Gasteiger partial charge in [0, 0.05) is 5.41 Å². The number of benzene rings is 1. The average molecular weight is 316 g/mol. The molecule has 2 rings (SSSR count). The fourth-order valence-corrected chi connectivity index (χ4v) is 2.86. The van der Waals surface area contributed by atoms with Crippen molar-refractivity contribution < 1.29 is 24.5 Å². The van der Waals surface area contributed by atoms with Gasteiger partial charge in [0.05, 0.1) is 13.2 Å². The quantitative estimate of drug-likeness (QED) is 0.340. The Hall–Kier alpha value is -0.880. The van der Waals surface area contributed by atoms with E-state index in [0.717, 1.165) is 6.42 Å². The van der Waals surface area contributed by atoms with E-state index in [4.69, 9.17) is 4.74 Å². The number of carbonyl (C=O) groups excluding carboxylic acids is 1. The Balaban J connectivity index is 0.00000242. The molecule has 0 bridgehead atoms. The third-order valence-corrected chi connectivity index (χ3v) is 4.30. The van der Waals surface area contributed by atoms with Crippen LogP contribution in [0.4, 0.5) is 0 Å². The van der Waals surface area contributed by atoms with Crippen molar-refractivity contribution in [3.63, 3.8) is 0 Å². The number of rotatable bonds is 7. The Morgan fingerprint density at radius 1 is 1.27 bits per heavy atom. The Morgan fingerprint density at radius 2 is 1.91 bits per heavy atom. The fraction of sp³-hybridized carbons (Fsp3) is 0.500. The zero-order valence-corrected chi connectivity index (χ0v) is 12.0. The molecule has 0 spiro atoms. The number of carboxylic acids is 1. The van der Waals surface area contributed by atoms with Crippen molar-refractivity contribution in [2.45, 2.75) is 31.6 Å². The Bertz CT molecular complexity index is 533. The zero-order valence-electron chi connectivity index (χ0n) is 12.0. The molecule has 1 saturated carbocycles. The maximum absolute atomic E-state index is 12.3. The fourth-order valence-electron chi connectivity index (χ4n) is 2.86. The van der Waals surface area contributed by atoms with Gasteiger partial charge in [0.2, 0.25) is 0 Å². The van der Waals surface area contributed by atoms with Crippen molar-refractivity contribution in [1.82, 2.24) is 0 Å². The molecule has 0 aromatic heterocycles. The van der Waals surface area contributed by atoms with Crippen LogP contribution in [0.15, 0.2) is 30.3 Å². The van der Waals surface area contributed by atoms with E-state index in [2.05, 4.69) is 0 Å². The van der Waals surface area contributed by atoms with Gasteiger partial charge in [0.25, 0.3) is 0 Å². The number of aliphatic hydroxyl groups is 1. The van der Waals surface area contributed by atoms with Gasteiger partial charge in [-0.25, -0.2) is 0 Å². The molecule has 1 aliphatic carbocycles. The van der Waals surface area contributed by atoms with E-state index < -0.39 is 29.4 Å². The summed E-state index contributed by atoms with van der Waals surface area (Å²) in [5, 5.41) is 19.3. The predicted molar refractivity (Wildman–Crippen MR) is 82.9 cm³/mol. The van der Waals surface area contributed by atoms with Gasteiger partial charge in [-0.1, -0.05) is 43.7 Å². The number of ether oxygens (including phenoxy) is 1. The van der Waals surface area contributed by atoms with Crippen molar-refractivity contribution in [3.8, 4) is 0 Å². The second kappa shape index (κ2) is 7.59. The van der Waals surface area contributed by atoms with Gasteiger partial charge in [0.1, 0.15) is 0 Å². The number of hydrogen-bond acceptors (Lipinski definition) is 4. The van der Waals surface area contributed by atoms with Gasteiger partial charge >= 0.3 is 41.5 Å². The Morgan fingerprint density at radius 3 is 2.41 bits per heavy atom. The maximum atomic E-state index is 12.3. The van der Waals surface area contributed by atoms with Gasteiger partial charge < -0.3 is 14.9 Å². The van der Waals surface area contributed by atoms with E-state index in [1.807, 2.05) is 6.92 Å². The summed E-state index contributed by atoms with van der Waals surface area (Å²) in [5.41, 5.74) is -2.09. The molecule has 116 valence electrons. The van der Waals surface area contributed by atoms with Crippen LogP contribution in [0.3, 0.4) is 0 Å². The summed E-state index contributed by atoms with van der Waals surface area (Å²) in [6.07, 6.45) is 1.62. The zero-order chi connectivity index (χ0) is 15.5. The molecule has 6 heteroatoms. The first-order valence-corrected chi connectivity index (χ1v) is 7.12. The van der Waals surface area contributed by atoms with E-state index in [1.54, 1.807) is 30.3 Å². The van der Waals surface area contributed by atoms with Crippen LogP contribution in [0.2, 0.25) is 0 Å². The molecule has 5 nitrogen and oxygen atoms in total. The van der Waals surface area contributed by atoms with E-state index in [0.29, 0.717) is 12.0 Å². The standard InChI is InChI=1S/C16H20O5.Na.H/c1-2-3-9-21-14(20)16(13(18)19)10-15(16,11-17)12-7-5-4-6-8-12;;/h4-8,17H,2-3,9-11H2,1H3,(H,18,19);;. The number of esters is 1. The van der Waals surface area contributed by atoms with Gasteiger partial charge in [-0.2, -0.15) is 0 Å². The summed E-state index contributed by atoms with van der Waals surface area (Å²) in [6.45, 7) is 1.77.